The number of ether oxygens (including phenoxy) is 1. The van der Waals surface area contributed by atoms with Crippen LogP contribution in [0, 0.1) is 0 Å². The average Bonchev–Trinajstić information content (AvgIpc) is 2.64. The number of rotatable bonds is 3. The molecule has 3 rings (SSSR count). The molecule has 2 aromatic heterocycles. The lowest BCUT2D eigenvalue weighted by molar-refractivity contribution is 0.0853. The van der Waals surface area contributed by atoms with E-state index in [1.807, 2.05) is 32.0 Å². The molecular formula is C17H24N4O. The van der Waals surface area contributed by atoms with Crippen LogP contribution in [0.4, 0.5) is 5.82 Å². The van der Waals surface area contributed by atoms with E-state index in [1.165, 1.54) is 0 Å². The number of nitrogens with zero attached hydrogens (tertiary/aromatic N) is 4. The lowest BCUT2D eigenvalue weighted by Gasteiger charge is -2.32. The molecule has 0 bridgehead atoms. The number of hydrogen-bond acceptors (Lipinski definition) is 5. The standard InChI is InChI=1S/C15H18N4O.C2H6/c1-19(13-4-8-20-9-5-13)15-10-14(17-11-18-15)12-2-6-16-7-3-12;1-2/h2-3,6-7,10-11,13H,4-5,8-9H2,1H3;1-2H3. The second-order valence-corrected chi connectivity index (χ2v) is 4.95. The van der Waals surface area contributed by atoms with Gasteiger partial charge in [-0.15, -0.1) is 0 Å². The van der Waals surface area contributed by atoms with Crippen LogP contribution in [0.1, 0.15) is 26.7 Å². The van der Waals surface area contributed by atoms with Gasteiger partial charge in [-0.25, -0.2) is 9.97 Å². The number of pyridine rings is 1. The van der Waals surface area contributed by atoms with Gasteiger partial charge in [0.2, 0.25) is 0 Å². The zero-order valence-corrected chi connectivity index (χ0v) is 13.6. The predicted octanol–water partition coefficient (Wildman–Crippen LogP) is 3.18. The van der Waals surface area contributed by atoms with E-state index in [1.54, 1.807) is 18.7 Å². The maximum atomic E-state index is 5.41. The van der Waals surface area contributed by atoms with E-state index < -0.39 is 0 Å². The topological polar surface area (TPSA) is 51.1 Å². The van der Waals surface area contributed by atoms with Gasteiger partial charge in [0, 0.05) is 50.3 Å². The Morgan fingerprint density at radius 1 is 1.09 bits per heavy atom. The third-order valence-electron chi connectivity index (χ3n) is 3.73. The summed E-state index contributed by atoms with van der Waals surface area (Å²) in [5, 5.41) is 0. The second-order valence-electron chi connectivity index (χ2n) is 4.95. The van der Waals surface area contributed by atoms with Crippen LogP contribution in [-0.2, 0) is 4.74 Å². The van der Waals surface area contributed by atoms with Crippen molar-refractivity contribution < 1.29 is 4.74 Å². The highest BCUT2D eigenvalue weighted by atomic mass is 16.5. The lowest BCUT2D eigenvalue weighted by atomic mass is 10.1. The monoisotopic (exact) mass is 300 g/mol. The number of hydrogen-bond donors (Lipinski definition) is 0. The van der Waals surface area contributed by atoms with E-state index in [0.29, 0.717) is 6.04 Å². The summed E-state index contributed by atoms with van der Waals surface area (Å²) in [7, 11) is 2.09. The quantitative estimate of drug-likeness (QED) is 0.871. The van der Waals surface area contributed by atoms with E-state index in [2.05, 4.69) is 26.9 Å². The van der Waals surface area contributed by atoms with Crippen molar-refractivity contribution in [1.82, 2.24) is 15.0 Å². The Kier molecular flexibility index (Phi) is 6.27. The highest BCUT2D eigenvalue weighted by molar-refractivity contribution is 5.61. The molecule has 0 aromatic carbocycles. The predicted molar refractivity (Wildman–Crippen MR) is 88.9 cm³/mol. The van der Waals surface area contributed by atoms with Crippen LogP contribution in [0.5, 0.6) is 0 Å². The van der Waals surface area contributed by atoms with E-state index in [9.17, 15) is 0 Å². The Morgan fingerprint density at radius 3 is 2.45 bits per heavy atom. The highest BCUT2D eigenvalue weighted by Crippen LogP contribution is 2.23. The maximum absolute atomic E-state index is 5.41. The Bertz CT molecular complexity index is 556. The fourth-order valence-corrected chi connectivity index (χ4v) is 2.48. The summed E-state index contributed by atoms with van der Waals surface area (Å²) in [5.41, 5.74) is 1.99. The third-order valence-corrected chi connectivity index (χ3v) is 3.73. The average molecular weight is 300 g/mol. The molecule has 1 aliphatic rings. The van der Waals surface area contributed by atoms with Crippen molar-refractivity contribution in [2.75, 3.05) is 25.2 Å². The van der Waals surface area contributed by atoms with Gasteiger partial charge in [-0.1, -0.05) is 13.8 Å². The van der Waals surface area contributed by atoms with Gasteiger partial charge >= 0.3 is 0 Å². The van der Waals surface area contributed by atoms with Gasteiger partial charge in [0.05, 0.1) is 5.69 Å². The van der Waals surface area contributed by atoms with Gasteiger partial charge in [0.25, 0.3) is 0 Å². The molecule has 3 heterocycles. The van der Waals surface area contributed by atoms with E-state index in [4.69, 9.17) is 4.74 Å². The molecule has 0 amide bonds. The third kappa shape index (κ3) is 4.01. The minimum atomic E-state index is 0.490. The van der Waals surface area contributed by atoms with E-state index >= 15 is 0 Å². The summed E-state index contributed by atoms with van der Waals surface area (Å²) in [6.45, 7) is 5.66. The minimum absolute atomic E-state index is 0.490. The molecule has 0 N–H and O–H groups in total. The first kappa shape index (κ1) is 16.4. The molecule has 1 saturated heterocycles. The van der Waals surface area contributed by atoms with Crippen molar-refractivity contribution in [2.24, 2.45) is 0 Å². The van der Waals surface area contributed by atoms with Crippen molar-refractivity contribution in [3.8, 4) is 11.3 Å². The molecule has 0 aliphatic carbocycles. The van der Waals surface area contributed by atoms with Crippen LogP contribution >= 0.6 is 0 Å². The Balaban J connectivity index is 0.000000847. The van der Waals surface area contributed by atoms with Crippen molar-refractivity contribution in [1.29, 1.82) is 0 Å². The summed E-state index contributed by atoms with van der Waals surface area (Å²) in [6.07, 6.45) is 7.27. The molecule has 0 unspecified atom stereocenters. The maximum Gasteiger partial charge on any atom is 0.132 e. The summed E-state index contributed by atoms with van der Waals surface area (Å²) in [5.74, 6) is 0.957. The number of aromatic nitrogens is 3. The molecular weight excluding hydrogens is 276 g/mol. The molecule has 0 radical (unpaired) electrons. The molecule has 5 nitrogen and oxygen atoms in total. The molecule has 0 spiro atoms. The SMILES string of the molecule is CC.CN(c1cc(-c2ccncc2)ncn1)C1CCOCC1. The van der Waals surface area contributed by atoms with Crippen LogP contribution in [0.15, 0.2) is 36.9 Å². The van der Waals surface area contributed by atoms with Gasteiger partial charge < -0.3 is 9.64 Å². The Hall–Kier alpha value is -2.01. The van der Waals surface area contributed by atoms with Crippen LogP contribution in [0.25, 0.3) is 11.3 Å². The minimum Gasteiger partial charge on any atom is -0.381 e. The Morgan fingerprint density at radius 2 is 1.77 bits per heavy atom. The largest absolute Gasteiger partial charge is 0.381 e. The van der Waals surface area contributed by atoms with E-state index in [-0.39, 0.29) is 0 Å². The zero-order chi connectivity index (χ0) is 15.8. The number of anilines is 1. The second kappa shape index (κ2) is 8.44. The lowest BCUT2D eigenvalue weighted by Crippen LogP contribution is -2.37. The smallest absolute Gasteiger partial charge is 0.132 e. The summed E-state index contributed by atoms with van der Waals surface area (Å²) in [4.78, 5) is 15.0. The summed E-state index contributed by atoms with van der Waals surface area (Å²) in [6, 6.07) is 6.44. The molecule has 22 heavy (non-hydrogen) atoms. The van der Waals surface area contributed by atoms with Gasteiger partial charge in [0.15, 0.2) is 0 Å². The first-order chi connectivity index (χ1) is 10.8. The highest BCUT2D eigenvalue weighted by Gasteiger charge is 2.19. The Labute approximate surface area is 132 Å². The zero-order valence-electron chi connectivity index (χ0n) is 13.6. The van der Waals surface area contributed by atoms with Crippen LogP contribution < -0.4 is 4.90 Å². The summed E-state index contributed by atoms with van der Waals surface area (Å²) >= 11 is 0. The first-order valence-corrected chi connectivity index (χ1v) is 7.87. The van der Waals surface area contributed by atoms with Crippen molar-refractivity contribution in [3.63, 3.8) is 0 Å². The molecule has 1 fully saturated rings. The van der Waals surface area contributed by atoms with Crippen molar-refractivity contribution in [2.45, 2.75) is 32.7 Å². The van der Waals surface area contributed by atoms with Gasteiger partial charge in [-0.05, 0) is 25.0 Å². The van der Waals surface area contributed by atoms with E-state index in [0.717, 1.165) is 43.1 Å². The van der Waals surface area contributed by atoms with Crippen molar-refractivity contribution >= 4 is 5.82 Å². The van der Waals surface area contributed by atoms with Gasteiger partial charge in [-0.2, -0.15) is 0 Å². The van der Waals surface area contributed by atoms with Crippen molar-refractivity contribution in [3.05, 3.63) is 36.9 Å². The fraction of sp³-hybridized carbons (Fsp3) is 0.471. The molecule has 5 heteroatoms. The normalized spacial score (nSPS) is 14.9. The van der Waals surface area contributed by atoms with Gasteiger partial charge in [0.1, 0.15) is 12.1 Å². The molecule has 1 aliphatic heterocycles. The molecule has 0 atom stereocenters. The molecule has 2 aromatic rings. The van der Waals surface area contributed by atoms with Crippen LogP contribution in [0.3, 0.4) is 0 Å². The van der Waals surface area contributed by atoms with Gasteiger partial charge in [-0.3, -0.25) is 4.98 Å². The fourth-order valence-electron chi connectivity index (χ4n) is 2.48. The molecule has 118 valence electrons. The van der Waals surface area contributed by atoms with Crippen LogP contribution in [-0.4, -0.2) is 41.3 Å². The first-order valence-electron chi connectivity index (χ1n) is 7.87. The van der Waals surface area contributed by atoms with Crippen LogP contribution in [0.2, 0.25) is 0 Å². The molecule has 0 saturated carbocycles. The summed E-state index contributed by atoms with van der Waals surface area (Å²) < 4.78 is 5.41.